The maximum absolute atomic E-state index is 12.5. The van der Waals surface area contributed by atoms with E-state index in [0.29, 0.717) is 49.0 Å². The third-order valence-electron chi connectivity index (χ3n) is 8.12. The normalized spacial score (nSPS) is 27.9. The molecule has 5 heterocycles. The Bertz CT molecular complexity index is 1200. The van der Waals surface area contributed by atoms with Crippen LogP contribution in [0.2, 0.25) is 0 Å². The number of imidazole rings is 1. The number of piperidine rings is 1. The van der Waals surface area contributed by atoms with Gasteiger partial charge in [-0.3, -0.25) is 9.36 Å². The Labute approximate surface area is 232 Å². The second-order valence-electron chi connectivity index (χ2n) is 11.1. The number of rotatable bonds is 8. The zero-order valence-corrected chi connectivity index (χ0v) is 23.1. The van der Waals surface area contributed by atoms with Crippen LogP contribution >= 0.6 is 0 Å². The number of nitrogen functional groups attached to an aromatic ring is 1. The quantitative estimate of drug-likeness (QED) is 0.342. The highest BCUT2D eigenvalue weighted by Gasteiger charge is 2.47. The predicted octanol–water partition coefficient (Wildman–Crippen LogP) is 0.0392. The fourth-order valence-corrected chi connectivity index (χ4v) is 5.83. The second kappa shape index (κ2) is 12.2. The number of carbonyl (C=O) groups is 2. The fourth-order valence-electron chi connectivity index (χ4n) is 5.83. The number of aromatic nitrogens is 4. The average molecular weight is 561 g/mol. The summed E-state index contributed by atoms with van der Waals surface area (Å²) in [6, 6.07) is 0. The van der Waals surface area contributed by atoms with Crippen LogP contribution in [0.4, 0.5) is 10.6 Å². The van der Waals surface area contributed by atoms with E-state index < -0.39 is 30.4 Å². The van der Waals surface area contributed by atoms with E-state index in [1.54, 1.807) is 6.92 Å². The number of nitrogens with zero attached hydrogens (tertiary/aromatic N) is 6. The Morgan fingerprint density at radius 2 is 1.95 bits per heavy atom. The molecule has 0 bridgehead atoms. The standard InChI is InChI=1S/C26H40N8O6/c1-3-28-24(37)21-19(35)20(36)25(40-21)34-14-29-18-22(27)30-17(31-23(18)34)6-4-5-15-7-11-33(12-8-15)26(38)39-16-9-10-32(2)13-16/h14-16,19-21,25,35-36H,3-13H2,1-2H3,(H,28,37)(H2,27,30,31)/t16?,19?,20-,21-,25+/m0/s1. The van der Waals surface area contributed by atoms with Crippen molar-refractivity contribution in [1.82, 2.24) is 34.6 Å². The highest BCUT2D eigenvalue weighted by Crippen LogP contribution is 2.32. The predicted molar refractivity (Wildman–Crippen MR) is 144 cm³/mol. The molecule has 3 saturated heterocycles. The number of ether oxygens (including phenoxy) is 2. The molecule has 0 spiro atoms. The Balaban J connectivity index is 1.15. The zero-order chi connectivity index (χ0) is 28.4. The van der Waals surface area contributed by atoms with Gasteiger partial charge < -0.3 is 40.5 Å². The van der Waals surface area contributed by atoms with Crippen molar-refractivity contribution >= 4 is 29.0 Å². The number of hydrogen-bond acceptors (Lipinski definition) is 11. The number of hydrogen-bond donors (Lipinski definition) is 4. The molecule has 2 amide bonds. The molecule has 5 atom stereocenters. The molecule has 40 heavy (non-hydrogen) atoms. The van der Waals surface area contributed by atoms with Crippen LogP contribution < -0.4 is 11.1 Å². The maximum Gasteiger partial charge on any atom is 0.410 e. The number of aliphatic hydroxyl groups is 2. The summed E-state index contributed by atoms with van der Waals surface area (Å²) in [5.74, 6) is 0.762. The van der Waals surface area contributed by atoms with E-state index in [1.807, 2.05) is 11.9 Å². The van der Waals surface area contributed by atoms with E-state index in [4.69, 9.17) is 15.2 Å². The van der Waals surface area contributed by atoms with Crippen LogP contribution in [0.1, 0.15) is 51.1 Å². The summed E-state index contributed by atoms with van der Waals surface area (Å²) in [5.41, 5.74) is 6.91. The van der Waals surface area contributed by atoms with Crippen molar-refractivity contribution in [2.75, 3.05) is 45.5 Å². The molecule has 2 aromatic rings. The van der Waals surface area contributed by atoms with Crippen LogP contribution in [0.3, 0.4) is 0 Å². The zero-order valence-electron chi connectivity index (χ0n) is 23.1. The lowest BCUT2D eigenvalue weighted by molar-refractivity contribution is -0.137. The lowest BCUT2D eigenvalue weighted by Crippen LogP contribution is -2.42. The molecule has 0 saturated carbocycles. The third kappa shape index (κ3) is 5.99. The van der Waals surface area contributed by atoms with Crippen molar-refractivity contribution in [1.29, 1.82) is 0 Å². The number of nitrogens with one attached hydrogen (secondary N) is 1. The first-order valence-electron chi connectivity index (χ1n) is 14.2. The summed E-state index contributed by atoms with van der Waals surface area (Å²) in [7, 11) is 2.04. The fraction of sp³-hybridized carbons (Fsp3) is 0.731. The first-order valence-corrected chi connectivity index (χ1v) is 14.2. The van der Waals surface area contributed by atoms with Crippen LogP contribution in [-0.2, 0) is 20.7 Å². The molecule has 0 aliphatic carbocycles. The number of amides is 2. The molecule has 3 fully saturated rings. The van der Waals surface area contributed by atoms with Gasteiger partial charge in [0, 0.05) is 39.1 Å². The maximum atomic E-state index is 12.5. The van der Waals surface area contributed by atoms with Gasteiger partial charge in [0.15, 0.2) is 23.8 Å². The second-order valence-corrected chi connectivity index (χ2v) is 11.1. The van der Waals surface area contributed by atoms with E-state index in [2.05, 4.69) is 25.2 Å². The van der Waals surface area contributed by atoms with Crippen molar-refractivity contribution in [3.05, 3.63) is 12.2 Å². The summed E-state index contributed by atoms with van der Waals surface area (Å²) < 4.78 is 12.9. The van der Waals surface area contributed by atoms with Gasteiger partial charge in [-0.15, -0.1) is 0 Å². The van der Waals surface area contributed by atoms with Gasteiger partial charge in [0.05, 0.1) is 6.33 Å². The lowest BCUT2D eigenvalue weighted by atomic mass is 9.91. The first kappa shape index (κ1) is 28.5. The number of nitrogens with two attached hydrogens (primary N) is 1. The molecule has 14 nitrogen and oxygen atoms in total. The van der Waals surface area contributed by atoms with Gasteiger partial charge in [-0.25, -0.2) is 19.7 Å². The molecule has 0 aromatic carbocycles. The number of fused-ring (bicyclic) bond motifs is 1. The number of likely N-dealkylation sites (N-methyl/N-ethyl adjacent to an activating group) is 2. The van der Waals surface area contributed by atoms with Gasteiger partial charge in [-0.2, -0.15) is 0 Å². The van der Waals surface area contributed by atoms with Crippen LogP contribution in [0.5, 0.6) is 0 Å². The minimum Gasteiger partial charge on any atom is -0.445 e. The number of aliphatic hydroxyl groups excluding tert-OH is 2. The Morgan fingerprint density at radius 1 is 1.18 bits per heavy atom. The average Bonchev–Trinajstić information content (AvgIpc) is 3.62. The largest absolute Gasteiger partial charge is 0.445 e. The van der Waals surface area contributed by atoms with Gasteiger partial charge in [0.1, 0.15) is 29.7 Å². The molecular weight excluding hydrogens is 520 g/mol. The van der Waals surface area contributed by atoms with Crippen LogP contribution in [-0.4, -0.2) is 116 Å². The van der Waals surface area contributed by atoms with Crippen molar-refractivity contribution in [2.45, 2.75) is 76.1 Å². The molecule has 5 N–H and O–H groups in total. The summed E-state index contributed by atoms with van der Waals surface area (Å²) in [6.45, 7) is 5.29. The van der Waals surface area contributed by atoms with Crippen LogP contribution in [0.15, 0.2) is 6.33 Å². The van der Waals surface area contributed by atoms with E-state index in [9.17, 15) is 19.8 Å². The minimum atomic E-state index is -1.40. The lowest BCUT2D eigenvalue weighted by Gasteiger charge is -2.32. The smallest absolute Gasteiger partial charge is 0.410 e. The first-order chi connectivity index (χ1) is 19.2. The van der Waals surface area contributed by atoms with E-state index in [1.165, 1.54) is 10.9 Å². The summed E-state index contributed by atoms with van der Waals surface area (Å²) >= 11 is 0. The van der Waals surface area contributed by atoms with E-state index in [0.717, 1.165) is 45.2 Å². The molecule has 2 aromatic heterocycles. The number of anilines is 1. The van der Waals surface area contributed by atoms with E-state index in [-0.39, 0.29) is 18.0 Å². The Kier molecular flexibility index (Phi) is 8.68. The van der Waals surface area contributed by atoms with Crippen molar-refractivity contribution in [3.8, 4) is 0 Å². The topological polar surface area (TPSA) is 181 Å². The van der Waals surface area contributed by atoms with Crippen LogP contribution in [0.25, 0.3) is 11.2 Å². The number of carbonyl (C=O) groups excluding carboxylic acids is 2. The summed E-state index contributed by atoms with van der Waals surface area (Å²) in [4.78, 5) is 42.1. The highest BCUT2D eigenvalue weighted by atomic mass is 16.6. The Hall–Kier alpha value is -3.07. The molecule has 14 heteroatoms. The van der Waals surface area contributed by atoms with Crippen molar-refractivity contribution in [3.63, 3.8) is 0 Å². The summed E-state index contributed by atoms with van der Waals surface area (Å²) in [5, 5.41) is 23.6. The van der Waals surface area contributed by atoms with Gasteiger partial charge >= 0.3 is 6.09 Å². The molecule has 3 aliphatic rings. The van der Waals surface area contributed by atoms with Crippen molar-refractivity contribution < 1.29 is 29.3 Å². The number of likely N-dealkylation sites (tertiary alicyclic amines) is 2. The SMILES string of the molecule is CCNC(=O)[C@H]1O[C@@H](n2cnc3c(N)nc(CCCC4CCN(C(=O)OC5CCN(C)C5)CC4)nc32)[C@@H](O)C1O. The minimum absolute atomic E-state index is 0.00754. The molecule has 5 rings (SSSR count). The molecule has 0 radical (unpaired) electrons. The third-order valence-corrected chi connectivity index (χ3v) is 8.12. The molecule has 3 aliphatic heterocycles. The molecule has 2 unspecified atom stereocenters. The van der Waals surface area contributed by atoms with Gasteiger partial charge in [0.2, 0.25) is 0 Å². The number of aryl methyl sites for hydroxylation is 1. The highest BCUT2D eigenvalue weighted by molar-refractivity contribution is 5.83. The molecule has 220 valence electrons. The summed E-state index contributed by atoms with van der Waals surface area (Å²) in [6.07, 6.45) is 1.37. The van der Waals surface area contributed by atoms with Gasteiger partial charge in [-0.05, 0) is 52.0 Å². The van der Waals surface area contributed by atoms with Crippen LogP contribution in [0, 0.1) is 5.92 Å². The Morgan fingerprint density at radius 3 is 2.65 bits per heavy atom. The van der Waals surface area contributed by atoms with E-state index >= 15 is 0 Å². The molecular formula is C26H40N8O6. The van der Waals surface area contributed by atoms with Crippen molar-refractivity contribution in [2.24, 2.45) is 5.92 Å². The van der Waals surface area contributed by atoms with Gasteiger partial charge in [0.25, 0.3) is 5.91 Å². The monoisotopic (exact) mass is 560 g/mol. The van der Waals surface area contributed by atoms with Gasteiger partial charge in [-0.1, -0.05) is 0 Å².